The molecule has 0 heterocycles. The van der Waals surface area contributed by atoms with Gasteiger partial charge in [-0.05, 0) is 71.7 Å². The van der Waals surface area contributed by atoms with E-state index in [4.69, 9.17) is 32.7 Å². The standard InChI is InChI=1S/C25H40Cl2N2O4/c1-18-15-19(29(13-11-26)14-12-27)9-10-20(18)25(8,16-21(30)32-23(2,3)4)17-28-22(31)33-24(5,6)7/h9-10,15H,11-14,16-17H2,1-8H3,(H,28,31). The van der Waals surface area contributed by atoms with Gasteiger partial charge in [-0.25, -0.2) is 4.79 Å². The van der Waals surface area contributed by atoms with Gasteiger partial charge in [-0.15, -0.1) is 23.2 Å². The second-order valence-corrected chi connectivity index (χ2v) is 11.3. The van der Waals surface area contributed by atoms with Crippen LogP contribution in [0.25, 0.3) is 0 Å². The molecule has 0 bridgehead atoms. The molecule has 8 heteroatoms. The molecule has 188 valence electrons. The van der Waals surface area contributed by atoms with Crippen LogP contribution in [0.3, 0.4) is 0 Å². The van der Waals surface area contributed by atoms with Crippen molar-refractivity contribution in [3.05, 3.63) is 29.3 Å². The molecule has 1 amide bonds. The van der Waals surface area contributed by atoms with Gasteiger partial charge in [-0.1, -0.05) is 13.0 Å². The summed E-state index contributed by atoms with van der Waals surface area (Å²) in [6.07, 6.45) is -0.421. The number of amides is 1. The number of nitrogens with zero attached hydrogens (tertiary/aromatic N) is 1. The molecule has 0 radical (unpaired) electrons. The quantitative estimate of drug-likeness (QED) is 0.323. The van der Waals surface area contributed by atoms with E-state index in [1.54, 1.807) is 0 Å². The van der Waals surface area contributed by atoms with Crippen molar-refractivity contribution < 1.29 is 19.1 Å². The van der Waals surface area contributed by atoms with Crippen molar-refractivity contribution in [1.29, 1.82) is 0 Å². The highest BCUT2D eigenvalue weighted by Gasteiger charge is 2.34. The molecule has 0 spiro atoms. The van der Waals surface area contributed by atoms with E-state index in [9.17, 15) is 9.59 Å². The third kappa shape index (κ3) is 10.4. The molecule has 1 rings (SSSR count). The van der Waals surface area contributed by atoms with Gasteiger partial charge in [-0.3, -0.25) is 4.79 Å². The van der Waals surface area contributed by atoms with Crippen LogP contribution in [0.15, 0.2) is 18.2 Å². The van der Waals surface area contributed by atoms with Crippen molar-refractivity contribution in [2.24, 2.45) is 0 Å². The lowest BCUT2D eigenvalue weighted by atomic mass is 9.77. The number of ether oxygens (including phenoxy) is 2. The number of carbonyl (C=O) groups is 2. The van der Waals surface area contributed by atoms with Crippen molar-refractivity contribution in [1.82, 2.24) is 5.32 Å². The van der Waals surface area contributed by atoms with E-state index in [2.05, 4.69) is 16.3 Å². The van der Waals surface area contributed by atoms with Crippen LogP contribution < -0.4 is 10.2 Å². The molecule has 0 aromatic heterocycles. The fourth-order valence-electron chi connectivity index (χ4n) is 3.63. The van der Waals surface area contributed by atoms with Crippen LogP contribution in [0.4, 0.5) is 10.5 Å². The first-order chi connectivity index (χ1) is 15.1. The number of hydrogen-bond acceptors (Lipinski definition) is 5. The first-order valence-corrected chi connectivity index (χ1v) is 12.3. The third-order valence-electron chi connectivity index (χ3n) is 4.91. The summed E-state index contributed by atoms with van der Waals surface area (Å²) >= 11 is 11.9. The van der Waals surface area contributed by atoms with E-state index in [1.165, 1.54) is 0 Å². The van der Waals surface area contributed by atoms with Crippen LogP contribution in [0.5, 0.6) is 0 Å². The van der Waals surface area contributed by atoms with Crippen LogP contribution >= 0.6 is 23.2 Å². The smallest absolute Gasteiger partial charge is 0.407 e. The predicted molar refractivity (Wildman–Crippen MR) is 137 cm³/mol. The third-order valence-corrected chi connectivity index (χ3v) is 5.25. The average molecular weight is 504 g/mol. The Morgan fingerprint density at radius 1 is 0.939 bits per heavy atom. The molecule has 6 nitrogen and oxygen atoms in total. The largest absolute Gasteiger partial charge is 0.460 e. The first kappa shape index (κ1) is 29.4. The Morgan fingerprint density at radius 2 is 1.48 bits per heavy atom. The number of carbonyl (C=O) groups excluding carboxylic acids is 2. The van der Waals surface area contributed by atoms with Crippen LogP contribution in [-0.2, 0) is 19.7 Å². The molecule has 0 fully saturated rings. The number of esters is 1. The number of alkyl halides is 2. The maximum atomic E-state index is 12.8. The zero-order chi connectivity index (χ0) is 25.4. The Kier molecular flexibility index (Phi) is 10.8. The summed E-state index contributed by atoms with van der Waals surface area (Å²) in [6, 6.07) is 6.07. The van der Waals surface area contributed by atoms with Crippen molar-refractivity contribution in [3.63, 3.8) is 0 Å². The summed E-state index contributed by atoms with van der Waals surface area (Å²) in [5.74, 6) is 0.659. The molecule has 0 aliphatic rings. The number of benzene rings is 1. The summed E-state index contributed by atoms with van der Waals surface area (Å²) in [4.78, 5) is 27.2. The van der Waals surface area contributed by atoms with Gasteiger partial charge in [0.2, 0.25) is 0 Å². The number of hydrogen-bond donors (Lipinski definition) is 1. The van der Waals surface area contributed by atoms with Gasteiger partial charge >= 0.3 is 12.1 Å². The fourth-order valence-corrected chi connectivity index (χ4v) is 4.03. The van der Waals surface area contributed by atoms with E-state index < -0.39 is 22.7 Å². The minimum atomic E-state index is -0.703. The highest BCUT2D eigenvalue weighted by Crippen LogP contribution is 2.33. The van der Waals surface area contributed by atoms with Crippen molar-refractivity contribution in [2.45, 2.75) is 78.4 Å². The monoisotopic (exact) mass is 502 g/mol. The van der Waals surface area contributed by atoms with E-state index in [0.29, 0.717) is 24.8 Å². The molecule has 1 unspecified atom stereocenters. The Hall–Kier alpha value is -1.66. The first-order valence-electron chi connectivity index (χ1n) is 11.3. The van der Waals surface area contributed by atoms with Gasteiger partial charge in [0, 0.05) is 42.5 Å². The molecular formula is C25H40Cl2N2O4. The highest BCUT2D eigenvalue weighted by atomic mass is 35.5. The molecule has 0 aliphatic heterocycles. The van der Waals surface area contributed by atoms with E-state index >= 15 is 0 Å². The van der Waals surface area contributed by atoms with Gasteiger partial charge in [0.15, 0.2) is 0 Å². The van der Waals surface area contributed by atoms with E-state index in [-0.39, 0.29) is 18.9 Å². The number of nitrogens with one attached hydrogen (secondary N) is 1. The van der Waals surface area contributed by atoms with E-state index in [0.717, 1.165) is 16.8 Å². The van der Waals surface area contributed by atoms with Crippen LogP contribution in [0.1, 0.15) is 66.0 Å². The van der Waals surface area contributed by atoms with Crippen molar-refractivity contribution in [2.75, 3.05) is 36.3 Å². The lowest BCUT2D eigenvalue weighted by molar-refractivity contribution is -0.156. The maximum absolute atomic E-state index is 12.8. The summed E-state index contributed by atoms with van der Waals surface area (Å²) in [7, 11) is 0. The highest BCUT2D eigenvalue weighted by molar-refractivity contribution is 6.18. The molecule has 0 saturated carbocycles. The van der Waals surface area contributed by atoms with Crippen LogP contribution in [0, 0.1) is 6.92 Å². The summed E-state index contributed by atoms with van der Waals surface area (Å²) in [5, 5.41) is 2.84. The molecule has 1 aromatic rings. The molecular weight excluding hydrogens is 463 g/mol. The number of alkyl carbamates (subject to hydrolysis) is 1. The Balaban J connectivity index is 3.26. The molecule has 0 saturated heterocycles. The minimum Gasteiger partial charge on any atom is -0.460 e. The van der Waals surface area contributed by atoms with Crippen LogP contribution in [0.2, 0.25) is 0 Å². The number of anilines is 1. The molecule has 0 aliphatic carbocycles. The number of aryl methyl sites for hydroxylation is 1. The fraction of sp³-hybridized carbons (Fsp3) is 0.680. The zero-order valence-corrected chi connectivity index (χ0v) is 22.8. The van der Waals surface area contributed by atoms with Crippen molar-refractivity contribution >= 4 is 41.0 Å². The van der Waals surface area contributed by atoms with Gasteiger partial charge in [-0.2, -0.15) is 0 Å². The Morgan fingerprint density at radius 3 is 1.94 bits per heavy atom. The second-order valence-electron chi connectivity index (χ2n) is 10.5. The van der Waals surface area contributed by atoms with Crippen LogP contribution in [-0.4, -0.2) is 54.7 Å². The topological polar surface area (TPSA) is 67.9 Å². The van der Waals surface area contributed by atoms with Gasteiger partial charge in [0.05, 0.1) is 6.42 Å². The van der Waals surface area contributed by atoms with Gasteiger partial charge in [0.25, 0.3) is 0 Å². The van der Waals surface area contributed by atoms with Gasteiger partial charge in [0.1, 0.15) is 11.2 Å². The SMILES string of the molecule is Cc1cc(N(CCCl)CCCl)ccc1C(C)(CNC(=O)OC(C)(C)C)CC(=O)OC(C)(C)C. The summed E-state index contributed by atoms with van der Waals surface area (Å²) < 4.78 is 11.0. The molecule has 1 N–H and O–H groups in total. The molecule has 33 heavy (non-hydrogen) atoms. The summed E-state index contributed by atoms with van der Waals surface area (Å²) in [5.41, 5.74) is 1.04. The molecule has 1 atom stereocenters. The normalized spacial score (nSPS) is 13.8. The van der Waals surface area contributed by atoms with E-state index in [1.807, 2.05) is 67.5 Å². The maximum Gasteiger partial charge on any atom is 0.407 e. The average Bonchev–Trinajstić information content (AvgIpc) is 2.63. The number of rotatable bonds is 10. The van der Waals surface area contributed by atoms with Gasteiger partial charge < -0.3 is 19.7 Å². The summed E-state index contributed by atoms with van der Waals surface area (Å²) in [6.45, 7) is 16.5. The molecule has 1 aromatic carbocycles. The van der Waals surface area contributed by atoms with Crippen molar-refractivity contribution in [3.8, 4) is 0 Å². The number of halogens is 2. The Labute approximate surface area is 209 Å². The lowest BCUT2D eigenvalue weighted by Gasteiger charge is -2.33. The minimum absolute atomic E-state index is 0.104. The predicted octanol–water partition coefficient (Wildman–Crippen LogP) is 5.79. The zero-order valence-electron chi connectivity index (χ0n) is 21.3. The second kappa shape index (κ2) is 12.2. The Bertz CT molecular complexity index is 797. The lowest BCUT2D eigenvalue weighted by Crippen LogP contribution is -2.43.